The zero-order valence-corrected chi connectivity index (χ0v) is 29.0. The highest BCUT2D eigenvalue weighted by atomic mass is 35.5. The van der Waals surface area contributed by atoms with E-state index in [9.17, 15) is 4.79 Å². The molecular formula is C38H43ClN2O4Si. The van der Waals surface area contributed by atoms with Crippen LogP contribution in [0.25, 0.3) is 10.9 Å². The maximum absolute atomic E-state index is 12.5. The van der Waals surface area contributed by atoms with Crippen LogP contribution in [-0.4, -0.2) is 26.4 Å². The molecule has 0 radical (unpaired) electrons. The summed E-state index contributed by atoms with van der Waals surface area (Å²) in [7, 11) is -2.15. The number of aromatic amines is 1. The smallest absolute Gasteiger partial charge is 0.248 e. The number of halogens is 1. The SMILES string of the molecule is CC(C)(C)[Si](C)(C)O[C@@H](CNCCc1ccc(Oc2cccc(Cl)c2)cc1)c1ccc(OCc2ccccc2)c2[nH]c(=O)ccc12. The Morgan fingerprint density at radius 3 is 2.33 bits per heavy atom. The molecule has 1 atom stereocenters. The monoisotopic (exact) mass is 654 g/mol. The number of pyridine rings is 1. The van der Waals surface area contributed by atoms with Gasteiger partial charge in [0.25, 0.3) is 0 Å². The highest BCUT2D eigenvalue weighted by Gasteiger charge is 2.39. The molecule has 1 aromatic heterocycles. The number of benzene rings is 4. The highest BCUT2D eigenvalue weighted by molar-refractivity contribution is 6.74. The van der Waals surface area contributed by atoms with Crippen LogP contribution in [0.5, 0.6) is 17.2 Å². The van der Waals surface area contributed by atoms with Crippen molar-refractivity contribution in [3.63, 3.8) is 0 Å². The van der Waals surface area contributed by atoms with Crippen LogP contribution in [0.1, 0.15) is 43.6 Å². The number of nitrogens with one attached hydrogen (secondary N) is 2. The first kappa shape index (κ1) is 33.5. The van der Waals surface area contributed by atoms with Crippen LogP contribution in [0.4, 0.5) is 0 Å². The van der Waals surface area contributed by atoms with E-state index >= 15 is 0 Å². The molecule has 240 valence electrons. The number of aromatic nitrogens is 1. The number of H-pyrrole nitrogens is 1. The molecule has 0 amide bonds. The molecule has 46 heavy (non-hydrogen) atoms. The molecule has 5 aromatic rings. The maximum atomic E-state index is 12.5. The summed E-state index contributed by atoms with van der Waals surface area (Å²) in [5.41, 5.74) is 3.81. The lowest BCUT2D eigenvalue weighted by molar-refractivity contribution is 0.182. The van der Waals surface area contributed by atoms with Gasteiger partial charge >= 0.3 is 0 Å². The molecule has 0 aliphatic heterocycles. The van der Waals surface area contributed by atoms with Gasteiger partial charge in [0.1, 0.15) is 23.9 Å². The van der Waals surface area contributed by atoms with Gasteiger partial charge in [0, 0.05) is 23.0 Å². The van der Waals surface area contributed by atoms with Crippen LogP contribution in [-0.2, 0) is 17.5 Å². The first-order valence-corrected chi connectivity index (χ1v) is 19.0. The van der Waals surface area contributed by atoms with Gasteiger partial charge in [-0.05, 0) is 90.3 Å². The Bertz CT molecular complexity index is 1800. The van der Waals surface area contributed by atoms with Gasteiger partial charge in [0.2, 0.25) is 5.56 Å². The summed E-state index contributed by atoms with van der Waals surface area (Å²) in [6.45, 7) is 13.1. The third-order valence-corrected chi connectivity index (χ3v) is 13.3. The number of hydrogen-bond acceptors (Lipinski definition) is 5. The van der Waals surface area contributed by atoms with E-state index in [0.717, 1.165) is 35.2 Å². The Balaban J connectivity index is 1.31. The molecule has 8 heteroatoms. The minimum Gasteiger partial charge on any atom is -0.487 e. The van der Waals surface area contributed by atoms with Crippen LogP contribution in [0.3, 0.4) is 0 Å². The standard InChI is InChI=1S/C38H43ClN2O4Si/c1-38(2,3)46(4,5)45-35(25-40-23-22-27-14-16-30(17-15-27)44-31-13-9-12-29(39)24-31)32-18-20-34(37-33(32)19-21-36(42)41-37)43-26-28-10-7-6-8-11-28/h6-21,24,35,40H,22-23,25-26H2,1-5H3,(H,41,42)/t35-/m0/s1. The largest absolute Gasteiger partial charge is 0.487 e. The van der Waals surface area contributed by atoms with Crippen LogP contribution in [0.2, 0.25) is 23.2 Å². The van der Waals surface area contributed by atoms with Crippen molar-refractivity contribution in [2.75, 3.05) is 13.1 Å². The molecule has 0 aliphatic carbocycles. The highest BCUT2D eigenvalue weighted by Crippen LogP contribution is 2.41. The Hall–Kier alpha value is -3.88. The van der Waals surface area contributed by atoms with Crippen LogP contribution >= 0.6 is 11.6 Å². The molecule has 0 unspecified atom stereocenters. The number of rotatable bonds is 13. The van der Waals surface area contributed by atoms with Crippen LogP contribution in [0, 0.1) is 0 Å². The van der Waals surface area contributed by atoms with E-state index in [0.29, 0.717) is 35.2 Å². The van der Waals surface area contributed by atoms with Gasteiger partial charge in [-0.25, -0.2) is 0 Å². The second-order valence-corrected chi connectivity index (χ2v) is 18.3. The summed E-state index contributed by atoms with van der Waals surface area (Å²) in [5.74, 6) is 2.12. The van der Waals surface area contributed by atoms with Gasteiger partial charge in [0.05, 0.1) is 11.6 Å². The van der Waals surface area contributed by atoms with E-state index in [4.69, 9.17) is 25.5 Å². The Kier molecular flexibility index (Phi) is 10.7. The van der Waals surface area contributed by atoms with Crippen molar-refractivity contribution in [2.24, 2.45) is 0 Å². The average Bonchev–Trinajstić information content (AvgIpc) is 3.02. The number of hydrogen-bond donors (Lipinski definition) is 2. The Morgan fingerprint density at radius 1 is 0.848 bits per heavy atom. The molecule has 0 aliphatic rings. The first-order valence-electron chi connectivity index (χ1n) is 15.7. The molecule has 5 rings (SSSR count). The second kappa shape index (κ2) is 14.7. The molecule has 0 fully saturated rings. The van der Waals surface area contributed by atoms with Crippen molar-refractivity contribution in [3.8, 4) is 17.2 Å². The van der Waals surface area contributed by atoms with Crippen molar-refractivity contribution < 1.29 is 13.9 Å². The maximum Gasteiger partial charge on any atom is 0.248 e. The van der Waals surface area contributed by atoms with Gasteiger partial charge in [-0.15, -0.1) is 0 Å². The lowest BCUT2D eigenvalue weighted by Gasteiger charge is -2.39. The van der Waals surface area contributed by atoms with E-state index in [-0.39, 0.29) is 16.7 Å². The van der Waals surface area contributed by atoms with Crippen molar-refractivity contribution in [2.45, 2.75) is 58.0 Å². The third-order valence-electron chi connectivity index (χ3n) is 8.59. The van der Waals surface area contributed by atoms with Crippen molar-refractivity contribution in [1.29, 1.82) is 0 Å². The second-order valence-electron chi connectivity index (χ2n) is 13.1. The molecule has 0 bridgehead atoms. The average molecular weight is 655 g/mol. The zero-order valence-electron chi connectivity index (χ0n) is 27.2. The lowest BCUT2D eigenvalue weighted by Crippen LogP contribution is -2.43. The van der Waals surface area contributed by atoms with E-state index in [1.54, 1.807) is 12.1 Å². The third kappa shape index (κ3) is 8.68. The number of fused-ring (bicyclic) bond motifs is 1. The fourth-order valence-corrected chi connectivity index (χ4v) is 6.44. The molecular weight excluding hydrogens is 612 g/mol. The van der Waals surface area contributed by atoms with Gasteiger partial charge in [-0.2, -0.15) is 0 Å². The Labute approximate surface area is 277 Å². The lowest BCUT2D eigenvalue weighted by atomic mass is 10.0. The van der Waals surface area contributed by atoms with E-state index in [1.807, 2.05) is 72.8 Å². The minimum absolute atomic E-state index is 0.0308. The summed E-state index contributed by atoms with van der Waals surface area (Å²) in [6.07, 6.45) is 0.635. The molecule has 6 nitrogen and oxygen atoms in total. The van der Waals surface area contributed by atoms with Gasteiger partial charge < -0.3 is 24.2 Å². The molecule has 0 saturated heterocycles. The van der Waals surface area contributed by atoms with Crippen LogP contribution in [0.15, 0.2) is 108 Å². The predicted molar refractivity (Wildman–Crippen MR) is 191 cm³/mol. The topological polar surface area (TPSA) is 72.6 Å². The minimum atomic E-state index is -2.15. The van der Waals surface area contributed by atoms with Crippen molar-refractivity contribution >= 4 is 30.8 Å². The fraction of sp³-hybridized carbons (Fsp3) is 0.289. The predicted octanol–water partition coefficient (Wildman–Crippen LogP) is 9.45. The molecule has 0 saturated carbocycles. The van der Waals surface area contributed by atoms with Crippen molar-refractivity contribution in [1.82, 2.24) is 10.3 Å². The Morgan fingerprint density at radius 2 is 1.61 bits per heavy atom. The molecule has 0 spiro atoms. The summed E-state index contributed by atoms with van der Waals surface area (Å²) < 4.78 is 19.2. The zero-order chi connectivity index (χ0) is 32.7. The summed E-state index contributed by atoms with van der Waals surface area (Å²) in [6, 6.07) is 33.0. The first-order chi connectivity index (χ1) is 22.0. The normalized spacial score (nSPS) is 12.7. The molecule has 2 N–H and O–H groups in total. The fourth-order valence-electron chi connectivity index (χ4n) is 4.99. The number of ether oxygens (including phenoxy) is 2. The van der Waals surface area contributed by atoms with Gasteiger partial charge in [-0.1, -0.05) is 87.0 Å². The van der Waals surface area contributed by atoms with E-state index in [2.05, 4.69) is 62.4 Å². The summed E-state index contributed by atoms with van der Waals surface area (Å²) in [4.78, 5) is 15.5. The van der Waals surface area contributed by atoms with E-state index < -0.39 is 8.32 Å². The van der Waals surface area contributed by atoms with Gasteiger partial charge in [0.15, 0.2) is 8.32 Å². The molecule has 4 aromatic carbocycles. The van der Waals surface area contributed by atoms with Crippen LogP contribution < -0.4 is 20.3 Å². The quantitative estimate of drug-likeness (QED) is 0.0977. The van der Waals surface area contributed by atoms with Crippen molar-refractivity contribution in [3.05, 3.63) is 135 Å². The van der Waals surface area contributed by atoms with E-state index in [1.165, 1.54) is 5.56 Å². The molecule has 1 heterocycles. The summed E-state index contributed by atoms with van der Waals surface area (Å²) >= 11 is 6.09. The summed E-state index contributed by atoms with van der Waals surface area (Å²) in [5, 5.41) is 5.25. The van der Waals surface area contributed by atoms with Gasteiger partial charge in [-0.3, -0.25) is 4.79 Å².